The number of carbonyl (C=O) groups excluding carboxylic acids is 1. The Kier molecular flexibility index (Phi) is 5.98. The van der Waals surface area contributed by atoms with Gasteiger partial charge in [0.15, 0.2) is 0 Å². The van der Waals surface area contributed by atoms with Gasteiger partial charge in [0.1, 0.15) is 5.69 Å². The highest BCUT2D eigenvalue weighted by atomic mass is 35.5. The molecule has 0 aliphatic rings. The smallest absolute Gasteiger partial charge is 0.355 e. The van der Waals surface area contributed by atoms with Gasteiger partial charge in [-0.05, 0) is 31.2 Å². The van der Waals surface area contributed by atoms with E-state index in [0.29, 0.717) is 21.5 Å². The maximum absolute atomic E-state index is 12.5. The van der Waals surface area contributed by atoms with Crippen molar-refractivity contribution in [3.8, 4) is 0 Å². The van der Waals surface area contributed by atoms with Crippen molar-refractivity contribution in [1.29, 1.82) is 0 Å². The van der Waals surface area contributed by atoms with Crippen LogP contribution < -0.4 is 0 Å². The summed E-state index contributed by atoms with van der Waals surface area (Å²) in [6.07, 6.45) is 1.36. The molecule has 144 valence electrons. The Morgan fingerprint density at radius 2 is 1.86 bits per heavy atom. The summed E-state index contributed by atoms with van der Waals surface area (Å²) >= 11 is 18.6. The van der Waals surface area contributed by atoms with Gasteiger partial charge in [0.05, 0.1) is 17.2 Å². The van der Waals surface area contributed by atoms with Crippen LogP contribution in [0.2, 0.25) is 15.1 Å². The number of rotatable bonds is 5. The van der Waals surface area contributed by atoms with Gasteiger partial charge in [-0.25, -0.2) is 9.59 Å². The topological polar surface area (TPSA) is 79.4 Å². The van der Waals surface area contributed by atoms with E-state index in [1.165, 1.54) is 12.1 Å². The molecule has 5 nitrogen and oxygen atoms in total. The number of carboxylic acid groups (broad SMARTS) is 1. The third kappa shape index (κ3) is 3.87. The van der Waals surface area contributed by atoms with Gasteiger partial charge in [-0.1, -0.05) is 53.0 Å². The van der Waals surface area contributed by atoms with Crippen LogP contribution in [0.1, 0.15) is 28.5 Å². The summed E-state index contributed by atoms with van der Waals surface area (Å²) < 4.78 is 5.09. The Morgan fingerprint density at radius 3 is 2.50 bits per heavy atom. The van der Waals surface area contributed by atoms with Crippen molar-refractivity contribution in [2.75, 3.05) is 6.61 Å². The van der Waals surface area contributed by atoms with Crippen molar-refractivity contribution in [2.24, 2.45) is 0 Å². The number of H-pyrrole nitrogens is 1. The normalized spacial score (nSPS) is 11.6. The molecule has 1 aromatic heterocycles. The van der Waals surface area contributed by atoms with E-state index in [1.54, 1.807) is 37.3 Å². The van der Waals surface area contributed by atoms with Crippen LogP contribution in [0, 0.1) is 0 Å². The van der Waals surface area contributed by atoms with E-state index in [0.717, 1.165) is 0 Å². The first kappa shape index (κ1) is 20.3. The van der Waals surface area contributed by atoms with Crippen molar-refractivity contribution in [2.45, 2.75) is 6.92 Å². The van der Waals surface area contributed by atoms with Gasteiger partial charge in [-0.3, -0.25) is 0 Å². The fraction of sp³-hybridized carbons (Fsp3) is 0.100. The minimum Gasteiger partial charge on any atom is -0.478 e. The number of ether oxygens (including phenoxy) is 1. The van der Waals surface area contributed by atoms with Crippen molar-refractivity contribution in [1.82, 2.24) is 4.98 Å². The maximum atomic E-state index is 12.5. The highest BCUT2D eigenvalue weighted by molar-refractivity contribution is 6.40. The zero-order valence-corrected chi connectivity index (χ0v) is 16.8. The zero-order chi connectivity index (χ0) is 20.4. The van der Waals surface area contributed by atoms with Gasteiger partial charge in [0.25, 0.3) is 0 Å². The summed E-state index contributed by atoms with van der Waals surface area (Å²) in [5.41, 5.74) is 1.06. The Balaban J connectivity index is 2.35. The Bertz CT molecular complexity index is 1120. The van der Waals surface area contributed by atoms with E-state index >= 15 is 0 Å². The average Bonchev–Trinajstić information content (AvgIpc) is 2.99. The second-order valence-electron chi connectivity index (χ2n) is 5.79. The summed E-state index contributed by atoms with van der Waals surface area (Å²) in [5, 5.41) is 11.1. The third-order valence-corrected chi connectivity index (χ3v) is 4.86. The highest BCUT2D eigenvalue weighted by Crippen LogP contribution is 2.36. The lowest BCUT2D eigenvalue weighted by Gasteiger charge is -2.07. The Labute approximate surface area is 175 Å². The van der Waals surface area contributed by atoms with Crippen molar-refractivity contribution in [3.63, 3.8) is 0 Å². The standard InChI is InChI=1S/C20H14Cl3NO4/c1-2-28-20(27)18-13(17-15(23)7-10(21)8-16(17)24-18)9-12(19(25)26)11-5-3-4-6-14(11)22/h3-9,24H,2H2,1H3,(H,25,26)/b12-9-. The molecule has 3 rings (SSSR count). The molecule has 0 aliphatic carbocycles. The molecule has 8 heteroatoms. The summed E-state index contributed by atoms with van der Waals surface area (Å²) in [6, 6.07) is 9.65. The molecule has 0 bridgehead atoms. The van der Waals surface area contributed by atoms with Crippen LogP contribution in [0.25, 0.3) is 22.6 Å². The molecule has 0 radical (unpaired) electrons. The third-order valence-electron chi connectivity index (χ3n) is 4.02. The van der Waals surface area contributed by atoms with Crippen molar-refractivity contribution < 1.29 is 19.4 Å². The number of fused-ring (bicyclic) bond motifs is 1. The van der Waals surface area contributed by atoms with Crippen molar-refractivity contribution in [3.05, 3.63) is 68.3 Å². The SMILES string of the molecule is CCOC(=O)c1[nH]c2cc(Cl)cc(Cl)c2c1/C=C(\C(=O)O)c1ccccc1Cl. The van der Waals surface area contributed by atoms with Crippen LogP contribution in [0.5, 0.6) is 0 Å². The van der Waals surface area contributed by atoms with E-state index in [-0.39, 0.29) is 33.5 Å². The molecule has 2 aromatic carbocycles. The molecular formula is C20H14Cl3NO4. The quantitative estimate of drug-likeness (QED) is 0.382. The monoisotopic (exact) mass is 437 g/mol. The van der Waals surface area contributed by atoms with Crippen LogP contribution in [-0.4, -0.2) is 28.6 Å². The number of aromatic nitrogens is 1. The number of halogens is 3. The van der Waals surface area contributed by atoms with E-state index in [9.17, 15) is 14.7 Å². The molecule has 2 N–H and O–H groups in total. The lowest BCUT2D eigenvalue weighted by molar-refractivity contribution is -0.130. The summed E-state index contributed by atoms with van der Waals surface area (Å²) in [5.74, 6) is -1.84. The number of hydrogen-bond acceptors (Lipinski definition) is 3. The number of hydrogen-bond donors (Lipinski definition) is 2. The van der Waals surface area contributed by atoms with Gasteiger partial charge >= 0.3 is 11.9 Å². The average molecular weight is 439 g/mol. The Hall–Kier alpha value is -2.47. The van der Waals surface area contributed by atoms with Gasteiger partial charge in [-0.15, -0.1) is 0 Å². The molecule has 0 amide bonds. The molecule has 0 saturated carbocycles. The molecule has 3 aromatic rings. The number of carboxylic acids is 1. The van der Waals surface area contributed by atoms with E-state index in [2.05, 4.69) is 4.98 Å². The molecule has 0 saturated heterocycles. The van der Waals surface area contributed by atoms with Crippen molar-refractivity contribution >= 4 is 69.3 Å². The molecule has 1 heterocycles. The first-order valence-corrected chi connectivity index (χ1v) is 9.34. The highest BCUT2D eigenvalue weighted by Gasteiger charge is 2.23. The number of nitrogens with one attached hydrogen (secondary N) is 1. The number of benzene rings is 2. The van der Waals surface area contributed by atoms with E-state index in [1.807, 2.05) is 0 Å². The molecular weight excluding hydrogens is 425 g/mol. The predicted octanol–water partition coefficient (Wildman–Crippen LogP) is 5.93. The summed E-state index contributed by atoms with van der Waals surface area (Å²) in [7, 11) is 0. The van der Waals surface area contributed by atoms with Gasteiger partial charge in [0.2, 0.25) is 0 Å². The fourth-order valence-electron chi connectivity index (χ4n) is 2.86. The molecule has 0 spiro atoms. The number of carbonyl (C=O) groups is 2. The van der Waals surface area contributed by atoms with Crippen LogP contribution in [-0.2, 0) is 9.53 Å². The zero-order valence-electron chi connectivity index (χ0n) is 14.6. The minimum absolute atomic E-state index is 0.0758. The largest absolute Gasteiger partial charge is 0.478 e. The van der Waals surface area contributed by atoms with Crippen LogP contribution >= 0.6 is 34.8 Å². The first-order chi connectivity index (χ1) is 13.3. The van der Waals surface area contributed by atoms with Gasteiger partial charge < -0.3 is 14.8 Å². The number of esters is 1. The van der Waals surface area contributed by atoms with Crippen LogP contribution in [0.15, 0.2) is 36.4 Å². The van der Waals surface area contributed by atoms with Crippen LogP contribution in [0.3, 0.4) is 0 Å². The second-order valence-corrected chi connectivity index (χ2v) is 7.04. The first-order valence-electron chi connectivity index (χ1n) is 8.21. The maximum Gasteiger partial charge on any atom is 0.355 e. The molecule has 0 aliphatic heterocycles. The molecule has 0 fully saturated rings. The van der Waals surface area contributed by atoms with Gasteiger partial charge in [-0.2, -0.15) is 0 Å². The van der Waals surface area contributed by atoms with Gasteiger partial charge in [0, 0.05) is 32.1 Å². The van der Waals surface area contributed by atoms with E-state index in [4.69, 9.17) is 39.5 Å². The number of aromatic amines is 1. The lowest BCUT2D eigenvalue weighted by atomic mass is 10.0. The van der Waals surface area contributed by atoms with E-state index < -0.39 is 11.9 Å². The minimum atomic E-state index is -1.21. The second kappa shape index (κ2) is 8.27. The van der Waals surface area contributed by atoms with Crippen LogP contribution in [0.4, 0.5) is 0 Å². The summed E-state index contributed by atoms with van der Waals surface area (Å²) in [4.78, 5) is 27.3. The lowest BCUT2D eigenvalue weighted by Crippen LogP contribution is -2.07. The fourth-order valence-corrected chi connectivity index (χ4v) is 3.69. The molecule has 28 heavy (non-hydrogen) atoms. The Morgan fingerprint density at radius 1 is 1.14 bits per heavy atom. The summed E-state index contributed by atoms with van der Waals surface area (Å²) in [6.45, 7) is 1.83. The predicted molar refractivity (Wildman–Crippen MR) is 111 cm³/mol. The molecule has 0 atom stereocenters. The number of aliphatic carboxylic acids is 1. The molecule has 0 unspecified atom stereocenters.